The van der Waals surface area contributed by atoms with Gasteiger partial charge in [-0.15, -0.1) is 12.4 Å². The van der Waals surface area contributed by atoms with E-state index in [1.807, 2.05) is 48.5 Å². The van der Waals surface area contributed by atoms with Crippen molar-refractivity contribution in [3.63, 3.8) is 0 Å². The maximum Gasteiger partial charge on any atom is 0.179 e. The number of carbonyl (C=O) groups excluding carboxylic acids is 1. The number of nitrogens with two attached hydrogens (primary N) is 1. The maximum absolute atomic E-state index is 12.0. The van der Waals surface area contributed by atoms with E-state index in [-0.39, 0.29) is 18.2 Å². The van der Waals surface area contributed by atoms with Crippen molar-refractivity contribution in [1.82, 2.24) is 0 Å². The van der Waals surface area contributed by atoms with Crippen LogP contribution in [0.2, 0.25) is 0 Å². The fraction of sp³-hybridized carbons (Fsp3) is 0.188. The summed E-state index contributed by atoms with van der Waals surface area (Å²) in [4.78, 5) is 12.0. The molecule has 1 unspecified atom stereocenters. The SMILES string of the molecule is Cl.NC(CCc1ccccc1)C(=O)c1ccccc1. The van der Waals surface area contributed by atoms with Gasteiger partial charge in [-0.3, -0.25) is 4.79 Å². The predicted octanol–water partition coefficient (Wildman–Crippen LogP) is 3.25. The second kappa shape index (κ2) is 7.72. The smallest absolute Gasteiger partial charge is 0.179 e. The Kier molecular flexibility index (Phi) is 6.26. The third kappa shape index (κ3) is 4.51. The van der Waals surface area contributed by atoms with Gasteiger partial charge >= 0.3 is 0 Å². The molecule has 2 nitrogen and oxygen atoms in total. The molecule has 2 N–H and O–H groups in total. The average molecular weight is 276 g/mol. The highest BCUT2D eigenvalue weighted by atomic mass is 35.5. The summed E-state index contributed by atoms with van der Waals surface area (Å²) in [6.07, 6.45) is 1.51. The molecule has 0 saturated carbocycles. The second-order valence-electron chi connectivity index (χ2n) is 4.36. The Morgan fingerprint density at radius 2 is 1.47 bits per heavy atom. The molecule has 0 saturated heterocycles. The van der Waals surface area contributed by atoms with Gasteiger partial charge in [0.05, 0.1) is 6.04 Å². The van der Waals surface area contributed by atoms with E-state index in [9.17, 15) is 4.79 Å². The summed E-state index contributed by atoms with van der Waals surface area (Å²) in [5.41, 5.74) is 7.86. The van der Waals surface area contributed by atoms with Gasteiger partial charge in [0.1, 0.15) is 0 Å². The van der Waals surface area contributed by atoms with E-state index in [4.69, 9.17) is 5.73 Å². The van der Waals surface area contributed by atoms with Crippen molar-refractivity contribution in [3.8, 4) is 0 Å². The van der Waals surface area contributed by atoms with Crippen LogP contribution in [0.25, 0.3) is 0 Å². The summed E-state index contributed by atoms with van der Waals surface area (Å²) in [7, 11) is 0. The summed E-state index contributed by atoms with van der Waals surface area (Å²) in [6.45, 7) is 0. The summed E-state index contributed by atoms with van der Waals surface area (Å²) >= 11 is 0. The molecule has 100 valence electrons. The van der Waals surface area contributed by atoms with E-state index in [2.05, 4.69) is 12.1 Å². The molecule has 0 fully saturated rings. The third-order valence-electron chi connectivity index (χ3n) is 2.98. The molecule has 0 radical (unpaired) electrons. The molecular weight excluding hydrogens is 258 g/mol. The largest absolute Gasteiger partial charge is 0.321 e. The zero-order chi connectivity index (χ0) is 12.8. The average Bonchev–Trinajstić information content (AvgIpc) is 2.46. The van der Waals surface area contributed by atoms with Crippen molar-refractivity contribution >= 4 is 18.2 Å². The Labute approximate surface area is 120 Å². The minimum absolute atomic E-state index is 0. The molecule has 2 rings (SSSR count). The molecule has 2 aromatic carbocycles. The number of benzene rings is 2. The van der Waals surface area contributed by atoms with Crippen LogP contribution in [0.4, 0.5) is 0 Å². The molecule has 0 bridgehead atoms. The molecule has 19 heavy (non-hydrogen) atoms. The number of hydrogen-bond acceptors (Lipinski definition) is 2. The van der Waals surface area contributed by atoms with Crippen molar-refractivity contribution in [2.75, 3.05) is 0 Å². The first-order valence-electron chi connectivity index (χ1n) is 6.16. The van der Waals surface area contributed by atoms with E-state index >= 15 is 0 Å². The fourth-order valence-corrected chi connectivity index (χ4v) is 1.91. The van der Waals surface area contributed by atoms with Crippen molar-refractivity contribution in [1.29, 1.82) is 0 Å². The monoisotopic (exact) mass is 275 g/mol. The third-order valence-corrected chi connectivity index (χ3v) is 2.98. The van der Waals surface area contributed by atoms with Crippen molar-refractivity contribution < 1.29 is 4.79 Å². The minimum atomic E-state index is -0.424. The second-order valence-corrected chi connectivity index (χ2v) is 4.36. The normalized spacial score (nSPS) is 11.4. The number of rotatable bonds is 5. The van der Waals surface area contributed by atoms with Crippen LogP contribution in [-0.4, -0.2) is 11.8 Å². The highest BCUT2D eigenvalue weighted by Gasteiger charge is 2.14. The lowest BCUT2D eigenvalue weighted by Crippen LogP contribution is -2.31. The van der Waals surface area contributed by atoms with Crippen LogP contribution >= 0.6 is 12.4 Å². The first-order chi connectivity index (χ1) is 8.77. The topological polar surface area (TPSA) is 43.1 Å². The molecular formula is C16H18ClNO. The molecule has 0 aliphatic heterocycles. The number of hydrogen-bond donors (Lipinski definition) is 1. The van der Waals surface area contributed by atoms with Gasteiger partial charge in [-0.1, -0.05) is 60.7 Å². The van der Waals surface area contributed by atoms with Crippen LogP contribution in [0.15, 0.2) is 60.7 Å². The number of Topliss-reactive ketones (excluding diaryl/α,β-unsaturated/α-hetero) is 1. The lowest BCUT2D eigenvalue weighted by atomic mass is 9.99. The van der Waals surface area contributed by atoms with Crippen LogP contribution in [0.5, 0.6) is 0 Å². The van der Waals surface area contributed by atoms with Crippen molar-refractivity contribution in [2.45, 2.75) is 18.9 Å². The zero-order valence-electron chi connectivity index (χ0n) is 10.7. The highest BCUT2D eigenvalue weighted by molar-refractivity contribution is 5.99. The van der Waals surface area contributed by atoms with E-state index in [1.54, 1.807) is 0 Å². The summed E-state index contributed by atoms with van der Waals surface area (Å²) in [5.74, 6) is 0.0199. The number of carbonyl (C=O) groups is 1. The van der Waals surface area contributed by atoms with Gasteiger partial charge in [0.25, 0.3) is 0 Å². The molecule has 2 aromatic rings. The summed E-state index contributed by atoms with van der Waals surface area (Å²) in [6, 6.07) is 18.9. The molecule has 0 heterocycles. The van der Waals surface area contributed by atoms with Crippen LogP contribution in [0.3, 0.4) is 0 Å². The van der Waals surface area contributed by atoms with Crippen molar-refractivity contribution in [2.24, 2.45) is 5.73 Å². The standard InChI is InChI=1S/C16H17NO.ClH/c17-15(12-11-13-7-3-1-4-8-13)16(18)14-9-5-2-6-10-14;/h1-10,15H,11-12,17H2;1H. The molecule has 0 aliphatic carbocycles. The minimum Gasteiger partial charge on any atom is -0.321 e. The Morgan fingerprint density at radius 1 is 0.947 bits per heavy atom. The summed E-state index contributed by atoms with van der Waals surface area (Å²) in [5, 5.41) is 0. The number of halogens is 1. The zero-order valence-corrected chi connectivity index (χ0v) is 11.5. The first-order valence-corrected chi connectivity index (χ1v) is 6.16. The number of aryl methyl sites for hydroxylation is 1. The molecule has 0 aliphatic rings. The summed E-state index contributed by atoms with van der Waals surface area (Å²) < 4.78 is 0. The Morgan fingerprint density at radius 3 is 2.05 bits per heavy atom. The van der Waals surface area contributed by atoms with Crippen LogP contribution in [0.1, 0.15) is 22.3 Å². The lowest BCUT2D eigenvalue weighted by Gasteiger charge is -2.10. The Bertz CT molecular complexity index is 499. The van der Waals surface area contributed by atoms with Gasteiger partial charge in [0.15, 0.2) is 5.78 Å². The maximum atomic E-state index is 12.0. The Hall–Kier alpha value is -1.64. The van der Waals surface area contributed by atoms with Crippen LogP contribution in [-0.2, 0) is 6.42 Å². The van der Waals surface area contributed by atoms with Gasteiger partial charge in [0, 0.05) is 5.56 Å². The van der Waals surface area contributed by atoms with Crippen molar-refractivity contribution in [3.05, 3.63) is 71.8 Å². The number of ketones is 1. The Balaban J connectivity index is 0.00000180. The fourth-order valence-electron chi connectivity index (χ4n) is 1.91. The van der Waals surface area contributed by atoms with E-state index in [0.717, 1.165) is 6.42 Å². The van der Waals surface area contributed by atoms with E-state index < -0.39 is 6.04 Å². The van der Waals surface area contributed by atoms with Gasteiger partial charge < -0.3 is 5.73 Å². The van der Waals surface area contributed by atoms with Gasteiger partial charge in [-0.25, -0.2) is 0 Å². The highest BCUT2D eigenvalue weighted by Crippen LogP contribution is 2.08. The first kappa shape index (κ1) is 15.4. The molecule has 1 atom stereocenters. The molecule has 3 heteroatoms. The van der Waals surface area contributed by atoms with Crippen LogP contribution in [0, 0.1) is 0 Å². The van der Waals surface area contributed by atoms with Gasteiger partial charge in [0.2, 0.25) is 0 Å². The lowest BCUT2D eigenvalue weighted by molar-refractivity contribution is 0.0957. The van der Waals surface area contributed by atoms with Gasteiger partial charge in [-0.2, -0.15) is 0 Å². The van der Waals surface area contributed by atoms with E-state index in [0.29, 0.717) is 12.0 Å². The van der Waals surface area contributed by atoms with Crippen LogP contribution < -0.4 is 5.73 Å². The molecule has 0 amide bonds. The molecule has 0 spiro atoms. The van der Waals surface area contributed by atoms with Gasteiger partial charge in [-0.05, 0) is 18.4 Å². The van der Waals surface area contributed by atoms with E-state index in [1.165, 1.54) is 5.56 Å². The quantitative estimate of drug-likeness (QED) is 0.851. The predicted molar refractivity (Wildman–Crippen MR) is 80.8 cm³/mol. The molecule has 0 aromatic heterocycles.